The molecule has 2 N–H and O–H groups in total. The molecule has 1 aromatic carbocycles. The van der Waals surface area contributed by atoms with Crippen LogP contribution < -0.4 is 4.72 Å². The lowest BCUT2D eigenvalue weighted by Crippen LogP contribution is -2.36. The van der Waals surface area contributed by atoms with Crippen molar-refractivity contribution in [1.29, 1.82) is 0 Å². The number of benzene rings is 1. The highest BCUT2D eigenvalue weighted by atomic mass is 32.2. The second kappa shape index (κ2) is 5.48. The van der Waals surface area contributed by atoms with E-state index in [0.29, 0.717) is 0 Å². The molecule has 4 nitrogen and oxygen atoms in total. The van der Waals surface area contributed by atoms with Gasteiger partial charge in [-0.2, -0.15) is 0 Å². The number of rotatable bonds is 5. The van der Waals surface area contributed by atoms with Gasteiger partial charge in [-0.05, 0) is 12.1 Å². The smallest absolute Gasteiger partial charge is 0.265 e. The largest absolute Gasteiger partial charge is 0.386 e. The van der Waals surface area contributed by atoms with Crippen LogP contribution in [0.3, 0.4) is 0 Å². The highest BCUT2D eigenvalue weighted by Crippen LogP contribution is 2.13. The first-order valence-corrected chi connectivity index (χ1v) is 6.03. The first kappa shape index (κ1) is 13.9. The quantitative estimate of drug-likeness (QED) is 0.828. The number of alkyl halides is 2. The zero-order valence-corrected chi connectivity index (χ0v) is 9.29. The summed E-state index contributed by atoms with van der Waals surface area (Å²) in [7, 11) is -4.24. The molecule has 96 valence electrons. The third kappa shape index (κ3) is 3.69. The van der Waals surface area contributed by atoms with Crippen molar-refractivity contribution in [2.24, 2.45) is 0 Å². The van der Waals surface area contributed by atoms with E-state index in [9.17, 15) is 21.6 Å². The van der Waals surface area contributed by atoms with Crippen molar-refractivity contribution in [3.05, 3.63) is 30.1 Å². The van der Waals surface area contributed by atoms with Gasteiger partial charge < -0.3 is 5.11 Å². The number of halogens is 3. The zero-order valence-electron chi connectivity index (χ0n) is 8.48. The summed E-state index contributed by atoms with van der Waals surface area (Å²) in [5, 5.41) is 8.74. The molecule has 0 aliphatic carbocycles. The van der Waals surface area contributed by atoms with Gasteiger partial charge in [0.25, 0.3) is 6.43 Å². The monoisotopic (exact) mass is 269 g/mol. The normalized spacial score (nSPS) is 13.9. The molecule has 0 aromatic heterocycles. The van der Waals surface area contributed by atoms with Crippen molar-refractivity contribution < 1.29 is 26.7 Å². The van der Waals surface area contributed by atoms with Gasteiger partial charge in [0.15, 0.2) is 0 Å². The summed E-state index contributed by atoms with van der Waals surface area (Å²) in [5.41, 5.74) is 0. The van der Waals surface area contributed by atoms with E-state index in [1.807, 2.05) is 0 Å². The standard InChI is InChI=1S/C9H10F3NO3S/c10-6-3-1-2-4-8(6)17(15,16)13-5-7(14)9(11)12/h1-4,7,9,13-14H,5H2. The maximum atomic E-state index is 13.1. The van der Waals surface area contributed by atoms with Crippen LogP contribution in [0.2, 0.25) is 0 Å². The van der Waals surface area contributed by atoms with E-state index in [2.05, 4.69) is 0 Å². The van der Waals surface area contributed by atoms with Gasteiger partial charge in [-0.15, -0.1) is 0 Å². The number of hydrogen-bond donors (Lipinski definition) is 2. The van der Waals surface area contributed by atoms with Crippen molar-refractivity contribution in [2.75, 3.05) is 6.54 Å². The molecule has 1 rings (SSSR count). The van der Waals surface area contributed by atoms with Crippen LogP contribution in [0.15, 0.2) is 29.2 Å². The summed E-state index contributed by atoms with van der Waals surface area (Å²) in [6, 6.07) is 4.51. The lowest BCUT2D eigenvalue weighted by atomic mass is 10.3. The van der Waals surface area contributed by atoms with E-state index in [-0.39, 0.29) is 0 Å². The lowest BCUT2D eigenvalue weighted by Gasteiger charge is -2.11. The second-order valence-corrected chi connectivity index (χ2v) is 4.92. The number of nitrogens with one attached hydrogen (secondary N) is 1. The summed E-state index contributed by atoms with van der Waals surface area (Å²) < 4.78 is 61.6. The number of sulfonamides is 1. The lowest BCUT2D eigenvalue weighted by molar-refractivity contribution is -0.000456. The Labute approximate surface area is 96.1 Å². The SMILES string of the molecule is O=S(=O)(NCC(O)C(F)F)c1ccccc1F. The van der Waals surface area contributed by atoms with Gasteiger partial charge in [0.2, 0.25) is 10.0 Å². The summed E-state index contributed by atoms with van der Waals surface area (Å²) in [6.07, 6.45) is -5.20. The van der Waals surface area contributed by atoms with Crippen LogP contribution in [0, 0.1) is 5.82 Å². The third-order valence-corrected chi connectivity index (χ3v) is 3.36. The average molecular weight is 269 g/mol. The Morgan fingerprint density at radius 2 is 1.88 bits per heavy atom. The Kier molecular flexibility index (Phi) is 4.49. The first-order valence-electron chi connectivity index (χ1n) is 4.55. The third-order valence-electron chi connectivity index (χ3n) is 1.90. The van der Waals surface area contributed by atoms with Gasteiger partial charge in [-0.25, -0.2) is 26.3 Å². The molecule has 1 atom stereocenters. The van der Waals surface area contributed by atoms with Gasteiger partial charge in [-0.1, -0.05) is 12.1 Å². The predicted molar refractivity (Wildman–Crippen MR) is 53.6 cm³/mol. The molecule has 17 heavy (non-hydrogen) atoms. The Balaban J connectivity index is 2.80. The van der Waals surface area contributed by atoms with Gasteiger partial charge in [0.05, 0.1) is 0 Å². The second-order valence-electron chi connectivity index (χ2n) is 3.18. The minimum atomic E-state index is -4.24. The predicted octanol–water partition coefficient (Wildman–Crippen LogP) is 0.730. The van der Waals surface area contributed by atoms with E-state index >= 15 is 0 Å². The van der Waals surface area contributed by atoms with Crippen molar-refractivity contribution in [3.8, 4) is 0 Å². The van der Waals surface area contributed by atoms with Crippen LogP contribution in [-0.4, -0.2) is 32.6 Å². The summed E-state index contributed by atoms with van der Waals surface area (Å²) in [5.74, 6) is -0.994. The fourth-order valence-electron chi connectivity index (χ4n) is 1.02. The van der Waals surface area contributed by atoms with E-state index in [1.165, 1.54) is 12.1 Å². The Bertz CT molecular complexity index is 478. The molecule has 0 saturated carbocycles. The van der Waals surface area contributed by atoms with Crippen LogP contribution in [0.1, 0.15) is 0 Å². The highest BCUT2D eigenvalue weighted by molar-refractivity contribution is 7.89. The maximum Gasteiger partial charge on any atom is 0.265 e. The van der Waals surface area contributed by atoms with Crippen LogP contribution in [0.4, 0.5) is 13.2 Å². The molecular formula is C9H10F3NO3S. The molecule has 0 radical (unpaired) electrons. The van der Waals surface area contributed by atoms with Crippen LogP contribution in [0.25, 0.3) is 0 Å². The number of aliphatic hydroxyl groups excluding tert-OH is 1. The van der Waals surface area contributed by atoms with Crippen molar-refractivity contribution in [3.63, 3.8) is 0 Å². The van der Waals surface area contributed by atoms with E-state index in [1.54, 1.807) is 4.72 Å². The summed E-state index contributed by atoms with van der Waals surface area (Å²) in [6.45, 7) is -0.881. The number of hydrogen-bond acceptors (Lipinski definition) is 3. The molecule has 0 spiro atoms. The van der Waals surface area contributed by atoms with Gasteiger partial charge in [-0.3, -0.25) is 0 Å². The van der Waals surface area contributed by atoms with Crippen LogP contribution in [0.5, 0.6) is 0 Å². The van der Waals surface area contributed by atoms with E-state index in [0.717, 1.165) is 12.1 Å². The molecule has 8 heteroatoms. The van der Waals surface area contributed by atoms with Crippen molar-refractivity contribution in [1.82, 2.24) is 4.72 Å². The Morgan fingerprint density at radius 3 is 2.41 bits per heavy atom. The van der Waals surface area contributed by atoms with Gasteiger partial charge >= 0.3 is 0 Å². The maximum absolute atomic E-state index is 13.1. The molecule has 0 amide bonds. The first-order chi connectivity index (χ1) is 7.84. The van der Waals surface area contributed by atoms with E-state index in [4.69, 9.17) is 5.11 Å². The Hall–Kier alpha value is -1.12. The Morgan fingerprint density at radius 1 is 1.29 bits per heavy atom. The van der Waals surface area contributed by atoms with Gasteiger partial charge in [0, 0.05) is 6.54 Å². The minimum absolute atomic E-state index is 0.651. The molecule has 0 heterocycles. The summed E-state index contributed by atoms with van der Waals surface area (Å²) in [4.78, 5) is -0.651. The molecule has 1 aromatic rings. The average Bonchev–Trinajstić information content (AvgIpc) is 2.26. The summed E-state index contributed by atoms with van der Waals surface area (Å²) >= 11 is 0. The topological polar surface area (TPSA) is 66.4 Å². The highest BCUT2D eigenvalue weighted by Gasteiger charge is 2.22. The van der Waals surface area contributed by atoms with Crippen LogP contribution >= 0.6 is 0 Å². The molecule has 0 bridgehead atoms. The zero-order chi connectivity index (χ0) is 13.1. The van der Waals surface area contributed by atoms with Crippen molar-refractivity contribution in [2.45, 2.75) is 17.4 Å². The van der Waals surface area contributed by atoms with Crippen LogP contribution in [-0.2, 0) is 10.0 Å². The van der Waals surface area contributed by atoms with E-state index < -0.39 is 39.8 Å². The van der Waals surface area contributed by atoms with Crippen molar-refractivity contribution >= 4 is 10.0 Å². The molecule has 0 aliphatic heterocycles. The molecule has 1 unspecified atom stereocenters. The van der Waals surface area contributed by atoms with Gasteiger partial charge in [0.1, 0.15) is 16.8 Å². The minimum Gasteiger partial charge on any atom is -0.386 e. The molecule has 0 saturated heterocycles. The molecule has 0 fully saturated rings. The number of aliphatic hydroxyl groups is 1. The molecule has 0 aliphatic rings. The molecular weight excluding hydrogens is 259 g/mol. The fraction of sp³-hybridized carbons (Fsp3) is 0.333. The fourth-order valence-corrected chi connectivity index (χ4v) is 2.15.